The van der Waals surface area contributed by atoms with Crippen molar-refractivity contribution in [1.29, 1.82) is 0 Å². The van der Waals surface area contributed by atoms with Crippen LogP contribution in [0.1, 0.15) is 5.69 Å². The van der Waals surface area contributed by atoms with Crippen molar-refractivity contribution in [2.45, 2.75) is 6.92 Å². The van der Waals surface area contributed by atoms with Gasteiger partial charge in [-0.3, -0.25) is 4.79 Å². The minimum atomic E-state index is -1.15. The first-order valence-electron chi connectivity index (χ1n) is 8.19. The van der Waals surface area contributed by atoms with Gasteiger partial charge in [0.25, 0.3) is 5.56 Å². The van der Waals surface area contributed by atoms with Gasteiger partial charge in [-0.05, 0) is 29.3 Å². The van der Waals surface area contributed by atoms with E-state index in [1.807, 2.05) is 36.4 Å². The van der Waals surface area contributed by atoms with Gasteiger partial charge in [0.2, 0.25) is 0 Å². The Bertz CT molecular complexity index is 1220. The maximum atomic E-state index is 14.4. The van der Waals surface area contributed by atoms with Gasteiger partial charge in [-0.1, -0.05) is 36.4 Å². The fraction of sp³-hybridized carbons (Fsp3) is 0.0476. The van der Waals surface area contributed by atoms with Crippen molar-refractivity contribution in [3.05, 3.63) is 88.1 Å². The van der Waals surface area contributed by atoms with E-state index in [2.05, 4.69) is 10.2 Å². The molecule has 0 saturated heterocycles. The lowest BCUT2D eigenvalue weighted by Gasteiger charge is -2.13. The molecule has 0 aliphatic rings. The first kappa shape index (κ1) is 17.0. The third-order valence-corrected chi connectivity index (χ3v) is 4.46. The number of aromatic amines is 1. The van der Waals surface area contributed by atoms with E-state index in [0.29, 0.717) is 29.0 Å². The monoisotopic (exact) mass is 366 g/mol. The molecular weight excluding hydrogens is 353 g/mol. The summed E-state index contributed by atoms with van der Waals surface area (Å²) in [6.45, 7) is 1.63. The van der Waals surface area contributed by atoms with E-state index in [4.69, 9.17) is 0 Å². The maximum absolute atomic E-state index is 14.4. The van der Waals surface area contributed by atoms with E-state index < -0.39 is 28.6 Å². The van der Waals surface area contributed by atoms with Gasteiger partial charge in [0, 0.05) is 17.7 Å². The van der Waals surface area contributed by atoms with Crippen molar-refractivity contribution in [3.63, 3.8) is 0 Å². The molecule has 1 aromatic heterocycles. The molecule has 0 aliphatic carbocycles. The summed E-state index contributed by atoms with van der Waals surface area (Å²) in [6.07, 6.45) is 0. The first-order valence-corrected chi connectivity index (χ1v) is 8.19. The van der Waals surface area contributed by atoms with Crippen LogP contribution in [0, 0.1) is 24.4 Å². The highest BCUT2D eigenvalue weighted by molar-refractivity contribution is 5.91. The quantitative estimate of drug-likeness (QED) is 0.544. The normalized spacial score (nSPS) is 11.1. The molecule has 4 rings (SSSR count). The Kier molecular flexibility index (Phi) is 4.03. The number of hydrogen-bond donors (Lipinski definition) is 1. The number of benzene rings is 3. The Morgan fingerprint density at radius 3 is 2.19 bits per heavy atom. The Labute approximate surface area is 152 Å². The summed E-state index contributed by atoms with van der Waals surface area (Å²) < 4.78 is 42.1. The van der Waals surface area contributed by atoms with Gasteiger partial charge >= 0.3 is 0 Å². The summed E-state index contributed by atoms with van der Waals surface area (Å²) in [6, 6.07) is 14.1. The lowest BCUT2D eigenvalue weighted by atomic mass is 9.93. The number of aryl methyl sites for hydroxylation is 1. The molecule has 1 heterocycles. The standard InChI is InChI=1S/C21H13F3N2O/c1-11-18(14-7-6-12-4-2-3-5-13(12)8-14)20(21(27)26-25-11)19-16(23)9-15(22)10-17(19)24/h2-10H,1H3,(H,26,27). The first-order chi connectivity index (χ1) is 13.0. The Morgan fingerprint density at radius 2 is 1.48 bits per heavy atom. The number of H-pyrrole nitrogens is 1. The smallest absolute Gasteiger partial charge is 0.267 e. The number of fused-ring (bicyclic) bond motifs is 1. The molecule has 0 radical (unpaired) electrons. The molecule has 4 aromatic rings. The third-order valence-electron chi connectivity index (χ3n) is 4.46. The summed E-state index contributed by atoms with van der Waals surface area (Å²) in [4.78, 5) is 12.5. The highest BCUT2D eigenvalue weighted by Gasteiger charge is 2.23. The molecule has 0 bridgehead atoms. The van der Waals surface area contributed by atoms with Crippen LogP contribution < -0.4 is 5.56 Å². The minimum Gasteiger partial charge on any atom is -0.267 e. The fourth-order valence-corrected chi connectivity index (χ4v) is 3.26. The van der Waals surface area contributed by atoms with Crippen LogP contribution in [0.15, 0.2) is 59.4 Å². The lowest BCUT2D eigenvalue weighted by molar-refractivity contribution is 0.547. The maximum Gasteiger partial charge on any atom is 0.272 e. The van der Waals surface area contributed by atoms with E-state index in [1.165, 1.54) is 0 Å². The van der Waals surface area contributed by atoms with Crippen LogP contribution in [0.3, 0.4) is 0 Å². The second-order valence-corrected chi connectivity index (χ2v) is 6.19. The summed E-state index contributed by atoms with van der Waals surface area (Å²) in [5.41, 5.74) is -0.271. The van der Waals surface area contributed by atoms with Gasteiger partial charge in [-0.2, -0.15) is 5.10 Å². The molecule has 3 aromatic carbocycles. The zero-order valence-electron chi connectivity index (χ0n) is 14.2. The van der Waals surface area contributed by atoms with Gasteiger partial charge in [0.15, 0.2) is 0 Å². The van der Waals surface area contributed by atoms with Gasteiger partial charge < -0.3 is 0 Å². The number of nitrogens with one attached hydrogen (secondary N) is 1. The van der Waals surface area contributed by atoms with E-state index >= 15 is 0 Å². The Morgan fingerprint density at radius 1 is 0.815 bits per heavy atom. The van der Waals surface area contributed by atoms with Crippen molar-refractivity contribution in [1.82, 2.24) is 10.2 Å². The predicted molar refractivity (Wildman–Crippen MR) is 97.8 cm³/mol. The van der Waals surface area contributed by atoms with Crippen molar-refractivity contribution in [2.24, 2.45) is 0 Å². The van der Waals surface area contributed by atoms with Crippen LogP contribution in [0.2, 0.25) is 0 Å². The van der Waals surface area contributed by atoms with E-state index in [9.17, 15) is 18.0 Å². The summed E-state index contributed by atoms with van der Waals surface area (Å²) in [5.74, 6) is -3.35. The second kappa shape index (κ2) is 6.39. The molecule has 0 spiro atoms. The van der Waals surface area contributed by atoms with Crippen LogP contribution in [-0.2, 0) is 0 Å². The third kappa shape index (κ3) is 2.89. The topological polar surface area (TPSA) is 45.8 Å². The van der Waals surface area contributed by atoms with E-state index in [-0.39, 0.29) is 5.56 Å². The number of nitrogens with zero attached hydrogens (tertiary/aromatic N) is 1. The molecule has 0 atom stereocenters. The van der Waals surface area contributed by atoms with E-state index in [1.54, 1.807) is 13.0 Å². The molecule has 0 aliphatic heterocycles. The van der Waals surface area contributed by atoms with Gasteiger partial charge in [0.1, 0.15) is 17.5 Å². The highest BCUT2D eigenvalue weighted by atomic mass is 19.1. The molecule has 6 heteroatoms. The van der Waals surface area contributed by atoms with Crippen LogP contribution in [0.4, 0.5) is 13.2 Å². The summed E-state index contributed by atoms with van der Waals surface area (Å²) in [7, 11) is 0. The van der Waals surface area contributed by atoms with Gasteiger partial charge in [-0.25, -0.2) is 18.3 Å². The molecule has 134 valence electrons. The average Bonchev–Trinajstić information content (AvgIpc) is 2.63. The number of aromatic nitrogens is 2. The average molecular weight is 366 g/mol. The number of rotatable bonds is 2. The molecule has 3 nitrogen and oxygen atoms in total. The molecule has 0 saturated carbocycles. The predicted octanol–water partition coefficient (Wildman–Crippen LogP) is 4.98. The fourth-order valence-electron chi connectivity index (χ4n) is 3.26. The van der Waals surface area contributed by atoms with Crippen LogP contribution in [-0.4, -0.2) is 10.2 Å². The van der Waals surface area contributed by atoms with E-state index in [0.717, 1.165) is 10.8 Å². The largest absolute Gasteiger partial charge is 0.272 e. The lowest BCUT2D eigenvalue weighted by Crippen LogP contribution is -2.16. The number of hydrogen-bond acceptors (Lipinski definition) is 2. The Balaban J connectivity index is 2.08. The molecule has 0 unspecified atom stereocenters. The van der Waals surface area contributed by atoms with Crippen molar-refractivity contribution in [2.75, 3.05) is 0 Å². The highest BCUT2D eigenvalue weighted by Crippen LogP contribution is 2.35. The van der Waals surface area contributed by atoms with Crippen molar-refractivity contribution in [3.8, 4) is 22.3 Å². The van der Waals surface area contributed by atoms with Crippen molar-refractivity contribution >= 4 is 10.8 Å². The zero-order valence-corrected chi connectivity index (χ0v) is 14.2. The zero-order chi connectivity index (χ0) is 19.1. The number of halogens is 3. The van der Waals surface area contributed by atoms with Gasteiger partial charge in [-0.15, -0.1) is 0 Å². The SMILES string of the molecule is Cc1n[nH]c(=O)c(-c2c(F)cc(F)cc2F)c1-c1ccc2ccccc2c1. The van der Waals surface area contributed by atoms with Crippen molar-refractivity contribution < 1.29 is 13.2 Å². The Hall–Kier alpha value is -3.41. The molecule has 1 N–H and O–H groups in total. The second-order valence-electron chi connectivity index (χ2n) is 6.19. The molecule has 0 fully saturated rings. The molecule has 27 heavy (non-hydrogen) atoms. The van der Waals surface area contributed by atoms with Crippen LogP contribution >= 0.6 is 0 Å². The van der Waals surface area contributed by atoms with Crippen LogP contribution in [0.5, 0.6) is 0 Å². The van der Waals surface area contributed by atoms with Gasteiger partial charge in [0.05, 0.1) is 16.8 Å². The van der Waals surface area contributed by atoms with Crippen LogP contribution in [0.25, 0.3) is 33.0 Å². The summed E-state index contributed by atoms with van der Waals surface area (Å²) in [5, 5.41) is 8.08. The minimum absolute atomic E-state index is 0.215. The molecule has 0 amide bonds. The molecular formula is C21H13F3N2O. The summed E-state index contributed by atoms with van der Waals surface area (Å²) >= 11 is 0.